The van der Waals surface area contributed by atoms with Crippen molar-refractivity contribution in [2.24, 2.45) is 5.73 Å². The fourth-order valence-electron chi connectivity index (χ4n) is 1.15. The number of nitrogens with two attached hydrogens (primary N) is 1. The van der Waals surface area contributed by atoms with E-state index < -0.39 is 0 Å². The lowest BCUT2D eigenvalue weighted by molar-refractivity contribution is 1.03. The first-order valence-electron chi connectivity index (χ1n) is 3.47. The first-order chi connectivity index (χ1) is 5.42. The molecule has 0 bridgehead atoms. The topological polar surface area (TPSA) is 53.0 Å². The summed E-state index contributed by atoms with van der Waals surface area (Å²) in [6.07, 6.45) is 5.42. The van der Waals surface area contributed by atoms with Crippen molar-refractivity contribution in [1.82, 2.24) is 10.3 Å². The Kier molecular flexibility index (Phi) is 1.36. The minimum atomic E-state index is 0.546. The van der Waals surface area contributed by atoms with Crippen LogP contribution in [-0.2, 0) is 6.54 Å². The average Bonchev–Trinajstić information content (AvgIpc) is 2.50. The molecule has 11 heavy (non-hydrogen) atoms. The highest BCUT2D eigenvalue weighted by Gasteiger charge is 2.09. The minimum Gasteiger partial charge on any atom is -0.326 e. The van der Waals surface area contributed by atoms with E-state index in [-0.39, 0.29) is 0 Å². The van der Waals surface area contributed by atoms with Crippen LogP contribution >= 0.6 is 0 Å². The van der Waals surface area contributed by atoms with Gasteiger partial charge < -0.3 is 5.73 Å². The second-order valence-corrected chi connectivity index (χ2v) is 2.36. The summed E-state index contributed by atoms with van der Waals surface area (Å²) >= 11 is 0. The first-order valence-corrected chi connectivity index (χ1v) is 3.47. The number of fused-ring (bicyclic) bond motifs is 1. The molecular formula is C8H8N3. The zero-order valence-corrected chi connectivity index (χ0v) is 5.99. The van der Waals surface area contributed by atoms with Crippen LogP contribution in [0.3, 0.4) is 0 Å². The van der Waals surface area contributed by atoms with Gasteiger partial charge in [-0.1, -0.05) is 0 Å². The van der Waals surface area contributed by atoms with Gasteiger partial charge in [0, 0.05) is 24.5 Å². The Hall–Kier alpha value is -1.35. The van der Waals surface area contributed by atoms with Gasteiger partial charge in [-0.3, -0.25) is 0 Å². The number of nitrogens with zero attached hydrogens (tertiary/aromatic N) is 2. The van der Waals surface area contributed by atoms with E-state index in [1.807, 2.05) is 12.1 Å². The maximum Gasteiger partial charge on any atom is 0.159 e. The maximum absolute atomic E-state index is 5.52. The third kappa shape index (κ3) is 0.897. The SMILES string of the molecule is NCc1ccnc2c1C=C[N]2. The monoisotopic (exact) mass is 146 g/mol. The van der Waals surface area contributed by atoms with E-state index in [0.29, 0.717) is 6.54 Å². The molecule has 0 aliphatic carbocycles. The molecule has 0 saturated carbocycles. The molecule has 1 radical (unpaired) electrons. The molecule has 0 unspecified atom stereocenters. The summed E-state index contributed by atoms with van der Waals surface area (Å²) in [6, 6.07) is 1.92. The van der Waals surface area contributed by atoms with Gasteiger partial charge in [0.2, 0.25) is 0 Å². The van der Waals surface area contributed by atoms with Gasteiger partial charge in [0.1, 0.15) is 0 Å². The molecule has 2 N–H and O–H groups in total. The number of hydrogen-bond acceptors (Lipinski definition) is 2. The van der Waals surface area contributed by atoms with Crippen LogP contribution < -0.4 is 11.1 Å². The van der Waals surface area contributed by atoms with Gasteiger partial charge in [0.15, 0.2) is 5.82 Å². The highest BCUT2D eigenvalue weighted by Crippen LogP contribution is 2.23. The van der Waals surface area contributed by atoms with Crippen molar-refractivity contribution in [2.75, 3.05) is 0 Å². The van der Waals surface area contributed by atoms with E-state index in [9.17, 15) is 0 Å². The van der Waals surface area contributed by atoms with Crippen LogP contribution in [0.1, 0.15) is 11.1 Å². The van der Waals surface area contributed by atoms with Crippen LogP contribution in [0.5, 0.6) is 0 Å². The first kappa shape index (κ1) is 6.37. The Morgan fingerprint density at radius 1 is 1.45 bits per heavy atom. The highest BCUT2D eigenvalue weighted by atomic mass is 15.0. The summed E-state index contributed by atoms with van der Waals surface area (Å²) in [7, 11) is 0. The molecule has 3 heteroatoms. The average molecular weight is 146 g/mol. The summed E-state index contributed by atoms with van der Waals surface area (Å²) in [5.41, 5.74) is 7.69. The van der Waals surface area contributed by atoms with Crippen LogP contribution in [0, 0.1) is 0 Å². The van der Waals surface area contributed by atoms with Gasteiger partial charge in [-0.25, -0.2) is 10.3 Å². The van der Waals surface area contributed by atoms with E-state index in [0.717, 1.165) is 16.9 Å². The fraction of sp³-hybridized carbons (Fsp3) is 0.125. The number of rotatable bonds is 1. The Morgan fingerprint density at radius 3 is 3.18 bits per heavy atom. The normalized spacial score (nSPS) is 12.8. The van der Waals surface area contributed by atoms with Gasteiger partial charge in [0.25, 0.3) is 0 Å². The van der Waals surface area contributed by atoms with Crippen LogP contribution in [0.4, 0.5) is 5.82 Å². The van der Waals surface area contributed by atoms with Crippen LogP contribution in [-0.4, -0.2) is 4.98 Å². The van der Waals surface area contributed by atoms with Crippen molar-refractivity contribution in [2.45, 2.75) is 6.54 Å². The molecular weight excluding hydrogens is 138 g/mol. The maximum atomic E-state index is 5.52. The zero-order valence-electron chi connectivity index (χ0n) is 5.99. The number of hydrogen-bond donors (Lipinski definition) is 1. The van der Waals surface area contributed by atoms with Gasteiger partial charge in [-0.15, -0.1) is 0 Å². The van der Waals surface area contributed by atoms with Crippen LogP contribution in [0.15, 0.2) is 18.5 Å². The molecule has 0 spiro atoms. The van der Waals surface area contributed by atoms with Crippen molar-refractivity contribution in [3.8, 4) is 0 Å². The second kappa shape index (κ2) is 2.36. The quantitative estimate of drug-likeness (QED) is 0.636. The van der Waals surface area contributed by atoms with Crippen molar-refractivity contribution >= 4 is 11.9 Å². The molecule has 0 fully saturated rings. The lowest BCUT2D eigenvalue weighted by atomic mass is 10.1. The molecule has 2 rings (SSSR count). The lowest BCUT2D eigenvalue weighted by Gasteiger charge is -2.01. The molecule has 0 amide bonds. The summed E-state index contributed by atoms with van der Waals surface area (Å²) in [5, 5.41) is 4.06. The van der Waals surface area contributed by atoms with Gasteiger partial charge in [-0.05, 0) is 17.7 Å². The molecule has 2 heterocycles. The van der Waals surface area contributed by atoms with Crippen molar-refractivity contribution in [1.29, 1.82) is 0 Å². The Morgan fingerprint density at radius 2 is 2.36 bits per heavy atom. The second-order valence-electron chi connectivity index (χ2n) is 2.36. The van der Waals surface area contributed by atoms with Crippen molar-refractivity contribution in [3.05, 3.63) is 29.6 Å². The Bertz CT molecular complexity index is 304. The predicted octanol–water partition coefficient (Wildman–Crippen LogP) is 0.761. The summed E-state index contributed by atoms with van der Waals surface area (Å²) in [5.74, 6) is 0.785. The van der Waals surface area contributed by atoms with Crippen molar-refractivity contribution in [3.63, 3.8) is 0 Å². The molecule has 1 aliphatic heterocycles. The molecule has 1 aromatic heterocycles. The largest absolute Gasteiger partial charge is 0.326 e. The van der Waals surface area contributed by atoms with E-state index >= 15 is 0 Å². The molecule has 0 saturated heterocycles. The zero-order chi connectivity index (χ0) is 7.68. The smallest absolute Gasteiger partial charge is 0.159 e. The Labute approximate surface area is 64.9 Å². The molecule has 0 atom stereocenters. The van der Waals surface area contributed by atoms with Gasteiger partial charge in [0.05, 0.1) is 0 Å². The van der Waals surface area contributed by atoms with Crippen LogP contribution in [0.2, 0.25) is 0 Å². The number of aromatic nitrogens is 1. The third-order valence-electron chi connectivity index (χ3n) is 1.72. The van der Waals surface area contributed by atoms with Gasteiger partial charge >= 0.3 is 0 Å². The molecule has 3 nitrogen and oxygen atoms in total. The lowest BCUT2D eigenvalue weighted by Crippen LogP contribution is -1.99. The molecule has 0 aromatic carbocycles. The summed E-state index contributed by atoms with van der Waals surface area (Å²) in [6.45, 7) is 0.546. The van der Waals surface area contributed by atoms with Crippen LogP contribution in [0.25, 0.3) is 6.08 Å². The third-order valence-corrected chi connectivity index (χ3v) is 1.72. The predicted molar refractivity (Wildman–Crippen MR) is 43.0 cm³/mol. The molecule has 1 aliphatic rings. The molecule has 55 valence electrons. The van der Waals surface area contributed by atoms with E-state index in [2.05, 4.69) is 10.3 Å². The van der Waals surface area contributed by atoms with Gasteiger partial charge in [-0.2, -0.15) is 0 Å². The fourth-order valence-corrected chi connectivity index (χ4v) is 1.15. The van der Waals surface area contributed by atoms with E-state index in [1.165, 1.54) is 0 Å². The Balaban J connectivity index is 2.57. The highest BCUT2D eigenvalue weighted by molar-refractivity contribution is 5.68. The summed E-state index contributed by atoms with van der Waals surface area (Å²) in [4.78, 5) is 4.08. The molecule has 1 aromatic rings. The minimum absolute atomic E-state index is 0.546. The standard InChI is InChI=1S/C8H8N3/c9-5-6-1-3-10-8-7(6)2-4-11-8/h1-4H,5,9H2. The van der Waals surface area contributed by atoms with Crippen molar-refractivity contribution < 1.29 is 0 Å². The van der Waals surface area contributed by atoms with E-state index in [1.54, 1.807) is 12.4 Å². The summed E-state index contributed by atoms with van der Waals surface area (Å²) < 4.78 is 0. The van der Waals surface area contributed by atoms with E-state index in [4.69, 9.17) is 5.73 Å². The number of pyridine rings is 1.